The summed E-state index contributed by atoms with van der Waals surface area (Å²) in [6.07, 6.45) is 0.155. The van der Waals surface area contributed by atoms with Gasteiger partial charge in [-0.15, -0.1) is 0 Å². The number of carboxylic acid groups (broad SMARTS) is 1. The summed E-state index contributed by atoms with van der Waals surface area (Å²) in [7, 11) is 0. The first-order chi connectivity index (χ1) is 12.5. The Labute approximate surface area is 155 Å². The van der Waals surface area contributed by atoms with Crippen LogP contribution >= 0.6 is 11.6 Å². The molecule has 2 N–H and O–H groups in total. The zero-order valence-corrected chi connectivity index (χ0v) is 14.9. The fourth-order valence-corrected chi connectivity index (χ4v) is 3.07. The summed E-state index contributed by atoms with van der Waals surface area (Å²) in [5, 5.41) is 13.0. The molecule has 2 aromatic carbocycles. The van der Waals surface area contributed by atoms with Crippen LogP contribution in [0.15, 0.2) is 42.5 Å². The van der Waals surface area contributed by atoms with Crippen LogP contribution in [0.4, 0.5) is 0 Å². The Morgan fingerprint density at radius 3 is 2.50 bits per heavy atom. The highest BCUT2D eigenvalue weighted by molar-refractivity contribution is 6.30. The van der Waals surface area contributed by atoms with Gasteiger partial charge in [0.05, 0.1) is 5.56 Å². The average molecular weight is 376 g/mol. The third-order valence-corrected chi connectivity index (χ3v) is 4.62. The van der Waals surface area contributed by atoms with Gasteiger partial charge in [-0.05, 0) is 36.2 Å². The number of hydrogen-bond donors (Lipinski definition) is 2. The van der Waals surface area contributed by atoms with E-state index >= 15 is 0 Å². The lowest BCUT2D eigenvalue weighted by atomic mass is 9.86. The normalized spacial score (nSPS) is 15.0. The van der Waals surface area contributed by atoms with Crippen molar-refractivity contribution < 1.29 is 24.2 Å². The molecule has 136 valence electrons. The number of aliphatic carboxylic acids is 1. The van der Waals surface area contributed by atoms with Crippen LogP contribution in [0.25, 0.3) is 0 Å². The summed E-state index contributed by atoms with van der Waals surface area (Å²) in [6.45, 7) is 2.42. The first-order valence-corrected chi connectivity index (χ1v) is 8.56. The molecule has 26 heavy (non-hydrogen) atoms. The molecule has 0 saturated heterocycles. The minimum atomic E-state index is -1.58. The number of hydrogen-bond acceptors (Lipinski definition) is 4. The van der Waals surface area contributed by atoms with E-state index in [1.54, 1.807) is 49.4 Å². The molecule has 1 atom stereocenters. The van der Waals surface area contributed by atoms with Gasteiger partial charge in [-0.2, -0.15) is 0 Å². The molecule has 3 rings (SSSR count). The van der Waals surface area contributed by atoms with Crippen molar-refractivity contribution in [1.82, 2.24) is 5.32 Å². The number of ether oxygens (including phenoxy) is 2. The zero-order valence-electron chi connectivity index (χ0n) is 14.1. The van der Waals surface area contributed by atoms with E-state index in [4.69, 9.17) is 21.1 Å². The van der Waals surface area contributed by atoms with E-state index in [2.05, 4.69) is 5.32 Å². The van der Waals surface area contributed by atoms with Crippen LogP contribution in [0.2, 0.25) is 5.02 Å². The van der Waals surface area contributed by atoms with E-state index in [-0.39, 0.29) is 12.0 Å². The molecule has 0 bridgehead atoms. The highest BCUT2D eigenvalue weighted by Crippen LogP contribution is 2.35. The van der Waals surface area contributed by atoms with Crippen LogP contribution in [0.5, 0.6) is 11.5 Å². The Balaban J connectivity index is 1.99. The maximum Gasteiger partial charge on any atom is 0.334 e. The van der Waals surface area contributed by atoms with E-state index in [0.717, 1.165) is 0 Å². The summed E-state index contributed by atoms with van der Waals surface area (Å²) in [4.78, 5) is 25.0. The van der Waals surface area contributed by atoms with E-state index in [9.17, 15) is 14.7 Å². The molecule has 0 radical (unpaired) electrons. The quantitative estimate of drug-likeness (QED) is 0.838. The van der Waals surface area contributed by atoms with Gasteiger partial charge in [0.15, 0.2) is 17.0 Å². The third-order valence-electron chi connectivity index (χ3n) is 4.37. The van der Waals surface area contributed by atoms with Crippen molar-refractivity contribution in [2.45, 2.75) is 18.9 Å². The highest BCUT2D eigenvalue weighted by atomic mass is 35.5. The Morgan fingerprint density at radius 1 is 1.15 bits per heavy atom. The van der Waals surface area contributed by atoms with E-state index in [1.165, 1.54) is 0 Å². The van der Waals surface area contributed by atoms with Gasteiger partial charge < -0.3 is 19.9 Å². The molecular formula is C19H18ClNO5. The molecule has 1 unspecified atom stereocenters. The lowest BCUT2D eigenvalue weighted by molar-refractivity contribution is -0.145. The van der Waals surface area contributed by atoms with Crippen molar-refractivity contribution in [3.8, 4) is 11.5 Å². The topological polar surface area (TPSA) is 84.9 Å². The summed E-state index contributed by atoms with van der Waals surface area (Å²) < 4.78 is 11.0. The van der Waals surface area contributed by atoms with Gasteiger partial charge in [0.25, 0.3) is 5.91 Å². The number of amides is 1. The van der Waals surface area contributed by atoms with Crippen LogP contribution in [-0.4, -0.2) is 30.2 Å². The van der Waals surface area contributed by atoms with Crippen LogP contribution in [0.1, 0.15) is 29.3 Å². The molecule has 1 aliphatic heterocycles. The molecule has 7 heteroatoms. The average Bonchev–Trinajstić information content (AvgIpc) is 2.66. The van der Waals surface area contributed by atoms with E-state index in [0.29, 0.717) is 35.3 Å². The van der Waals surface area contributed by atoms with Gasteiger partial charge in [0, 0.05) is 5.02 Å². The molecule has 0 aromatic heterocycles. The second-order valence-corrected chi connectivity index (χ2v) is 6.29. The molecule has 0 fully saturated rings. The fourth-order valence-electron chi connectivity index (χ4n) is 2.94. The lowest BCUT2D eigenvalue weighted by Crippen LogP contribution is -2.51. The third kappa shape index (κ3) is 3.20. The van der Waals surface area contributed by atoms with E-state index in [1.807, 2.05) is 0 Å². The molecule has 2 aromatic rings. The van der Waals surface area contributed by atoms with Gasteiger partial charge >= 0.3 is 5.97 Å². The second kappa shape index (κ2) is 7.25. The van der Waals surface area contributed by atoms with Crippen LogP contribution < -0.4 is 14.8 Å². The largest absolute Gasteiger partial charge is 0.486 e. The number of rotatable bonds is 5. The van der Waals surface area contributed by atoms with Crippen LogP contribution in [-0.2, 0) is 10.3 Å². The van der Waals surface area contributed by atoms with Crippen molar-refractivity contribution in [3.63, 3.8) is 0 Å². The highest BCUT2D eigenvalue weighted by Gasteiger charge is 2.41. The second-order valence-electron chi connectivity index (χ2n) is 5.85. The van der Waals surface area contributed by atoms with Crippen molar-refractivity contribution in [2.75, 3.05) is 13.2 Å². The van der Waals surface area contributed by atoms with Gasteiger partial charge in [-0.1, -0.05) is 36.7 Å². The number of carbonyl (C=O) groups excluding carboxylic acids is 1. The van der Waals surface area contributed by atoms with Crippen molar-refractivity contribution in [1.29, 1.82) is 0 Å². The minimum absolute atomic E-state index is 0.155. The summed E-state index contributed by atoms with van der Waals surface area (Å²) in [5.74, 6) is -0.917. The summed E-state index contributed by atoms with van der Waals surface area (Å²) in [6, 6.07) is 11.3. The Hall–Kier alpha value is -2.73. The molecule has 1 amide bonds. The summed E-state index contributed by atoms with van der Waals surface area (Å²) >= 11 is 5.90. The number of carbonyl (C=O) groups is 2. The zero-order chi connectivity index (χ0) is 18.7. The SMILES string of the molecule is CCC(NC(=O)c1cccc2c1OCCO2)(C(=O)O)c1ccc(Cl)cc1. The number of benzene rings is 2. The molecule has 0 saturated carbocycles. The number of carboxylic acids is 1. The minimum Gasteiger partial charge on any atom is -0.486 e. The number of fused-ring (bicyclic) bond motifs is 1. The smallest absolute Gasteiger partial charge is 0.334 e. The molecule has 1 aliphatic rings. The molecule has 1 heterocycles. The number of nitrogens with one attached hydrogen (secondary N) is 1. The first-order valence-electron chi connectivity index (χ1n) is 8.18. The Bertz CT molecular complexity index is 836. The van der Waals surface area contributed by atoms with Gasteiger partial charge in [-0.25, -0.2) is 4.79 Å². The van der Waals surface area contributed by atoms with Crippen LogP contribution in [0.3, 0.4) is 0 Å². The maximum absolute atomic E-state index is 12.9. The molecular weight excluding hydrogens is 358 g/mol. The van der Waals surface area contributed by atoms with Crippen LogP contribution in [0, 0.1) is 0 Å². The molecule has 0 aliphatic carbocycles. The van der Waals surface area contributed by atoms with Gasteiger partial charge in [0.2, 0.25) is 0 Å². The fraction of sp³-hybridized carbons (Fsp3) is 0.263. The predicted molar refractivity (Wildman–Crippen MR) is 96.0 cm³/mol. The monoisotopic (exact) mass is 375 g/mol. The molecule has 0 spiro atoms. The Morgan fingerprint density at radius 2 is 1.85 bits per heavy atom. The van der Waals surface area contributed by atoms with E-state index < -0.39 is 17.4 Å². The Kier molecular flexibility index (Phi) is 5.04. The standard InChI is InChI=1S/C19H18ClNO5/c1-2-19(18(23)24,12-6-8-13(20)9-7-12)21-17(22)14-4-3-5-15-16(14)26-11-10-25-15/h3-9H,2,10-11H2,1H3,(H,21,22)(H,23,24). The molecule has 6 nitrogen and oxygen atoms in total. The first kappa shape index (κ1) is 18.1. The van der Waals surface area contributed by atoms with Gasteiger partial charge in [0.1, 0.15) is 13.2 Å². The number of para-hydroxylation sites is 1. The van der Waals surface area contributed by atoms with Crippen molar-refractivity contribution >= 4 is 23.5 Å². The van der Waals surface area contributed by atoms with Crippen molar-refractivity contribution in [2.24, 2.45) is 0 Å². The predicted octanol–water partition coefficient (Wildman–Crippen LogP) is 3.23. The lowest BCUT2D eigenvalue weighted by Gasteiger charge is -2.30. The van der Waals surface area contributed by atoms with Gasteiger partial charge in [-0.3, -0.25) is 4.79 Å². The number of halogens is 1. The summed E-state index contributed by atoms with van der Waals surface area (Å²) in [5.41, 5.74) is -0.914. The van der Waals surface area contributed by atoms with Crippen molar-refractivity contribution in [3.05, 3.63) is 58.6 Å². The maximum atomic E-state index is 12.9.